The van der Waals surface area contributed by atoms with Crippen molar-refractivity contribution in [3.63, 3.8) is 0 Å². The minimum absolute atomic E-state index is 0.0587. The fourth-order valence-electron chi connectivity index (χ4n) is 3.26. The third-order valence-electron chi connectivity index (χ3n) is 4.63. The van der Waals surface area contributed by atoms with Crippen molar-refractivity contribution < 1.29 is 39.8 Å². The van der Waals surface area contributed by atoms with E-state index >= 15 is 0 Å². The molecule has 0 aromatic heterocycles. The van der Waals surface area contributed by atoms with Crippen LogP contribution in [0.2, 0.25) is 5.02 Å². The maximum atomic E-state index is 11.9. The second kappa shape index (κ2) is 12.6. The van der Waals surface area contributed by atoms with E-state index in [4.69, 9.17) is 29.8 Å². The Bertz CT molecular complexity index is 1490. The first kappa shape index (κ1) is 29.4. The number of aliphatic carboxylic acids is 1. The van der Waals surface area contributed by atoms with Crippen LogP contribution in [0, 0.1) is 0 Å². The fourth-order valence-corrected chi connectivity index (χ4v) is 5.31. The predicted octanol–water partition coefficient (Wildman–Crippen LogP) is 4.70. The SMILES string of the molecule is CS(=O)(=O)Oc1ccccc1C(=CCSc1ccc(OCC(=O)O)c(Cl)c1)c1ccccc1OS(C)(=O)=O. The number of carboxylic acid groups (broad SMARTS) is 1. The molecule has 0 amide bonds. The molecular formula is C25H23ClO9S3. The van der Waals surface area contributed by atoms with Crippen LogP contribution >= 0.6 is 23.4 Å². The van der Waals surface area contributed by atoms with E-state index in [9.17, 15) is 21.6 Å². The van der Waals surface area contributed by atoms with Crippen LogP contribution in [0.5, 0.6) is 17.2 Å². The second-order valence-electron chi connectivity index (χ2n) is 7.77. The third-order valence-corrected chi connectivity index (χ3v) is 6.81. The molecule has 0 radical (unpaired) electrons. The van der Waals surface area contributed by atoms with E-state index in [0.29, 0.717) is 22.5 Å². The van der Waals surface area contributed by atoms with Gasteiger partial charge < -0.3 is 18.2 Å². The maximum absolute atomic E-state index is 11.9. The van der Waals surface area contributed by atoms with Crippen molar-refractivity contribution in [1.82, 2.24) is 0 Å². The zero-order chi connectivity index (χ0) is 27.9. The standard InChI is InChI=1S/C25H23ClO9S3/c1-37(29,30)34-22-9-5-3-7-19(22)18(20-8-4-6-10-23(20)35-38(2,31)32)13-14-36-17-11-12-24(21(26)15-17)33-16-25(27)28/h3-13,15H,14,16H2,1-2H3,(H,27,28). The molecule has 0 saturated carbocycles. The molecule has 0 spiro atoms. The highest BCUT2D eigenvalue weighted by Gasteiger charge is 2.19. The molecule has 9 nitrogen and oxygen atoms in total. The maximum Gasteiger partial charge on any atom is 0.341 e. The Hall–Kier alpha value is -3.19. The van der Waals surface area contributed by atoms with Crippen LogP contribution in [0.25, 0.3) is 5.57 Å². The summed E-state index contributed by atoms with van der Waals surface area (Å²) in [6.07, 6.45) is 3.64. The lowest BCUT2D eigenvalue weighted by Gasteiger charge is -2.16. The zero-order valence-corrected chi connectivity index (χ0v) is 23.4. The lowest BCUT2D eigenvalue weighted by atomic mass is 9.96. The summed E-state index contributed by atoms with van der Waals surface area (Å²) in [6, 6.07) is 17.8. The number of ether oxygens (including phenoxy) is 1. The molecule has 1 N–H and O–H groups in total. The average molecular weight is 599 g/mol. The van der Waals surface area contributed by atoms with E-state index in [1.807, 2.05) is 0 Å². The molecule has 0 unspecified atom stereocenters. The molecule has 202 valence electrons. The van der Waals surface area contributed by atoms with E-state index in [1.165, 1.54) is 23.9 Å². The van der Waals surface area contributed by atoms with Gasteiger partial charge in [0.25, 0.3) is 0 Å². The highest BCUT2D eigenvalue weighted by Crippen LogP contribution is 2.38. The van der Waals surface area contributed by atoms with Gasteiger partial charge in [0.05, 0.1) is 17.5 Å². The number of thioether (sulfide) groups is 1. The van der Waals surface area contributed by atoms with Crippen LogP contribution in [0.4, 0.5) is 0 Å². The topological polar surface area (TPSA) is 133 Å². The van der Waals surface area contributed by atoms with Gasteiger partial charge in [0.1, 0.15) is 17.2 Å². The summed E-state index contributed by atoms with van der Waals surface area (Å²) in [5.74, 6) is -0.431. The minimum Gasteiger partial charge on any atom is -0.480 e. The Labute approximate surface area is 230 Å². The molecule has 0 aliphatic heterocycles. The molecule has 38 heavy (non-hydrogen) atoms. The first-order valence-corrected chi connectivity index (χ1v) is 15.8. The van der Waals surface area contributed by atoms with Gasteiger partial charge in [-0.1, -0.05) is 54.1 Å². The van der Waals surface area contributed by atoms with E-state index in [-0.39, 0.29) is 22.3 Å². The monoisotopic (exact) mass is 598 g/mol. The summed E-state index contributed by atoms with van der Waals surface area (Å²) in [4.78, 5) is 11.5. The molecule has 0 saturated heterocycles. The van der Waals surface area contributed by atoms with Gasteiger partial charge in [0.2, 0.25) is 0 Å². The van der Waals surface area contributed by atoms with Crippen LogP contribution in [0.15, 0.2) is 77.7 Å². The van der Waals surface area contributed by atoms with Gasteiger partial charge in [-0.2, -0.15) is 16.8 Å². The van der Waals surface area contributed by atoms with E-state index < -0.39 is 32.8 Å². The Morgan fingerprint density at radius 1 is 0.868 bits per heavy atom. The number of rotatable bonds is 12. The summed E-state index contributed by atoms with van der Waals surface area (Å²) in [7, 11) is -7.72. The number of carboxylic acids is 1. The second-order valence-corrected chi connectivity index (χ2v) is 12.4. The van der Waals surface area contributed by atoms with Crippen molar-refractivity contribution in [2.45, 2.75) is 4.90 Å². The largest absolute Gasteiger partial charge is 0.480 e. The molecule has 0 aliphatic rings. The number of halogens is 1. The predicted molar refractivity (Wildman–Crippen MR) is 146 cm³/mol. The van der Waals surface area contributed by atoms with Crippen molar-refractivity contribution in [3.8, 4) is 17.2 Å². The Morgan fingerprint density at radius 3 is 1.87 bits per heavy atom. The third kappa shape index (κ3) is 8.98. The molecule has 13 heteroatoms. The van der Waals surface area contributed by atoms with Crippen LogP contribution < -0.4 is 13.1 Å². The summed E-state index contributed by atoms with van der Waals surface area (Å²) in [5, 5.41) is 9.01. The van der Waals surface area contributed by atoms with Gasteiger partial charge in [-0.15, -0.1) is 11.8 Å². The van der Waals surface area contributed by atoms with Gasteiger partial charge in [0.15, 0.2) is 6.61 Å². The Balaban J connectivity index is 2.01. The highest BCUT2D eigenvalue weighted by molar-refractivity contribution is 7.99. The summed E-state index contributed by atoms with van der Waals surface area (Å²) < 4.78 is 63.2. The number of benzene rings is 3. The Morgan fingerprint density at radius 2 is 1.39 bits per heavy atom. The molecule has 0 bridgehead atoms. The molecule has 0 heterocycles. The minimum atomic E-state index is -3.86. The molecule has 3 rings (SSSR count). The van der Waals surface area contributed by atoms with Crippen LogP contribution in [-0.2, 0) is 25.0 Å². The summed E-state index contributed by atoms with van der Waals surface area (Å²) >= 11 is 7.59. The Kier molecular flexibility index (Phi) is 9.71. The number of carbonyl (C=O) groups is 1. The van der Waals surface area contributed by atoms with Crippen molar-refractivity contribution in [1.29, 1.82) is 0 Å². The normalized spacial score (nSPS) is 11.4. The molecule has 3 aromatic rings. The lowest BCUT2D eigenvalue weighted by Crippen LogP contribution is -2.09. The van der Waals surface area contributed by atoms with Crippen molar-refractivity contribution in [2.24, 2.45) is 0 Å². The van der Waals surface area contributed by atoms with Gasteiger partial charge in [-0.25, -0.2) is 4.79 Å². The lowest BCUT2D eigenvalue weighted by molar-refractivity contribution is -0.139. The van der Waals surface area contributed by atoms with Gasteiger partial charge in [-0.05, 0) is 35.9 Å². The summed E-state index contributed by atoms with van der Waals surface area (Å²) in [5.41, 5.74) is 1.28. The summed E-state index contributed by atoms with van der Waals surface area (Å²) in [6.45, 7) is -0.526. The zero-order valence-electron chi connectivity index (χ0n) is 20.2. The van der Waals surface area contributed by atoms with E-state index in [0.717, 1.165) is 17.4 Å². The van der Waals surface area contributed by atoms with Crippen LogP contribution in [0.3, 0.4) is 0 Å². The van der Waals surface area contributed by atoms with Crippen molar-refractivity contribution >= 4 is 55.1 Å². The smallest absolute Gasteiger partial charge is 0.341 e. The van der Waals surface area contributed by atoms with E-state index in [2.05, 4.69) is 0 Å². The molecule has 0 aliphatic carbocycles. The average Bonchev–Trinajstić information content (AvgIpc) is 2.80. The molecule has 0 fully saturated rings. The van der Waals surface area contributed by atoms with Gasteiger partial charge in [0, 0.05) is 21.8 Å². The number of hydrogen-bond acceptors (Lipinski definition) is 9. The molecular weight excluding hydrogens is 576 g/mol. The fraction of sp³-hybridized carbons (Fsp3) is 0.160. The molecule has 0 atom stereocenters. The number of para-hydroxylation sites is 2. The first-order valence-electron chi connectivity index (χ1n) is 10.8. The first-order chi connectivity index (χ1) is 17.8. The van der Waals surface area contributed by atoms with Crippen LogP contribution in [-0.4, -0.2) is 52.8 Å². The van der Waals surface area contributed by atoms with E-state index in [1.54, 1.807) is 60.7 Å². The quantitative estimate of drug-likeness (QED) is 0.231. The highest BCUT2D eigenvalue weighted by atomic mass is 35.5. The van der Waals surface area contributed by atoms with Gasteiger partial charge in [-0.3, -0.25) is 0 Å². The number of hydrogen-bond donors (Lipinski definition) is 1. The van der Waals surface area contributed by atoms with Gasteiger partial charge >= 0.3 is 26.2 Å². The van der Waals surface area contributed by atoms with Crippen molar-refractivity contribution in [3.05, 3.63) is 89.0 Å². The van der Waals surface area contributed by atoms with Crippen molar-refractivity contribution in [2.75, 3.05) is 24.9 Å². The molecule has 3 aromatic carbocycles. The van der Waals surface area contributed by atoms with Crippen LogP contribution in [0.1, 0.15) is 11.1 Å².